The maximum absolute atomic E-state index is 5.91. The summed E-state index contributed by atoms with van der Waals surface area (Å²) in [6, 6.07) is 8.58. The van der Waals surface area contributed by atoms with Crippen molar-refractivity contribution in [1.29, 1.82) is 0 Å². The predicted octanol–water partition coefficient (Wildman–Crippen LogP) is 2.84. The zero-order chi connectivity index (χ0) is 12.3. The Morgan fingerprint density at radius 3 is 2.59 bits per heavy atom. The number of imidazole rings is 1. The summed E-state index contributed by atoms with van der Waals surface area (Å²) < 4.78 is 2.04. The third-order valence-electron chi connectivity index (χ3n) is 2.89. The Bertz CT molecular complexity index is 468. The van der Waals surface area contributed by atoms with Gasteiger partial charge in [0.15, 0.2) is 0 Å². The molecule has 0 spiro atoms. The molecule has 1 atom stereocenters. The normalized spacial score (nSPS) is 12.6. The first-order valence-electron chi connectivity index (χ1n) is 6.09. The minimum Gasteiger partial charge on any atom is -0.323 e. The minimum absolute atomic E-state index is 0.00665. The Balaban J connectivity index is 2.30. The average Bonchev–Trinajstić information content (AvgIpc) is 2.79. The van der Waals surface area contributed by atoms with Gasteiger partial charge in [0.25, 0.3) is 0 Å². The lowest BCUT2D eigenvalue weighted by molar-refractivity contribution is 0.752. The van der Waals surface area contributed by atoms with Gasteiger partial charge in [-0.1, -0.05) is 25.5 Å². The van der Waals surface area contributed by atoms with Crippen LogP contribution in [-0.4, -0.2) is 9.55 Å². The zero-order valence-electron chi connectivity index (χ0n) is 10.4. The summed E-state index contributed by atoms with van der Waals surface area (Å²) in [6.45, 7) is 4.16. The Morgan fingerprint density at radius 1 is 1.29 bits per heavy atom. The van der Waals surface area contributed by atoms with Gasteiger partial charge in [0.1, 0.15) is 0 Å². The maximum Gasteiger partial charge on any atom is 0.0994 e. The highest BCUT2D eigenvalue weighted by Crippen LogP contribution is 2.16. The van der Waals surface area contributed by atoms with E-state index < -0.39 is 0 Å². The lowest BCUT2D eigenvalue weighted by Gasteiger charge is -2.11. The van der Waals surface area contributed by atoms with Crippen molar-refractivity contribution in [2.24, 2.45) is 5.73 Å². The summed E-state index contributed by atoms with van der Waals surface area (Å²) in [5.41, 5.74) is 9.44. The van der Waals surface area contributed by atoms with Crippen molar-refractivity contribution < 1.29 is 0 Å². The number of nitrogens with zero attached hydrogens (tertiary/aromatic N) is 2. The van der Waals surface area contributed by atoms with Crippen LogP contribution in [0.4, 0.5) is 0 Å². The smallest absolute Gasteiger partial charge is 0.0994 e. The van der Waals surface area contributed by atoms with Gasteiger partial charge < -0.3 is 10.3 Å². The third-order valence-corrected chi connectivity index (χ3v) is 2.89. The molecular weight excluding hydrogens is 210 g/mol. The van der Waals surface area contributed by atoms with Crippen LogP contribution >= 0.6 is 0 Å². The molecule has 90 valence electrons. The van der Waals surface area contributed by atoms with Gasteiger partial charge in [-0.2, -0.15) is 0 Å². The first kappa shape index (κ1) is 11.9. The summed E-state index contributed by atoms with van der Waals surface area (Å²) in [4.78, 5) is 4.16. The molecule has 0 amide bonds. The Kier molecular flexibility index (Phi) is 3.59. The minimum atomic E-state index is -0.00665. The van der Waals surface area contributed by atoms with Crippen molar-refractivity contribution in [3.05, 3.63) is 48.0 Å². The van der Waals surface area contributed by atoms with Crippen molar-refractivity contribution in [3.63, 3.8) is 0 Å². The molecule has 0 aliphatic heterocycles. The van der Waals surface area contributed by atoms with E-state index in [1.165, 1.54) is 12.0 Å². The molecule has 17 heavy (non-hydrogen) atoms. The van der Waals surface area contributed by atoms with E-state index in [1.54, 1.807) is 0 Å². The number of hydrogen-bond donors (Lipinski definition) is 1. The molecule has 0 unspecified atom stereocenters. The van der Waals surface area contributed by atoms with E-state index in [1.807, 2.05) is 24.0 Å². The summed E-state index contributed by atoms with van der Waals surface area (Å²) in [5, 5.41) is 0. The lowest BCUT2D eigenvalue weighted by Crippen LogP contribution is -2.10. The second-order valence-corrected chi connectivity index (χ2v) is 4.39. The molecule has 3 heteroatoms. The van der Waals surface area contributed by atoms with Crippen LogP contribution in [0.5, 0.6) is 0 Å². The standard InChI is InChI=1S/C14H19N3/c1-3-4-12-5-7-13(8-6-12)17-10-16-9-14(17)11(2)15/h5-11H,3-4,15H2,1-2H3/t11-/m0/s1. The van der Waals surface area contributed by atoms with Crippen molar-refractivity contribution in [1.82, 2.24) is 9.55 Å². The SMILES string of the molecule is CCCc1ccc(-n2cncc2[C@H](C)N)cc1. The molecule has 0 radical (unpaired) electrons. The van der Waals surface area contributed by atoms with Gasteiger partial charge in [0.2, 0.25) is 0 Å². The molecular formula is C14H19N3. The van der Waals surface area contributed by atoms with E-state index in [9.17, 15) is 0 Å². The largest absolute Gasteiger partial charge is 0.323 e. The van der Waals surface area contributed by atoms with Crippen LogP contribution in [0.25, 0.3) is 5.69 Å². The van der Waals surface area contributed by atoms with E-state index in [0.717, 1.165) is 17.8 Å². The molecule has 0 aliphatic carbocycles. The number of aryl methyl sites for hydroxylation is 1. The van der Waals surface area contributed by atoms with E-state index in [2.05, 4.69) is 36.2 Å². The first-order chi connectivity index (χ1) is 8.22. The van der Waals surface area contributed by atoms with Crippen LogP contribution < -0.4 is 5.73 Å². The molecule has 1 heterocycles. The highest BCUT2D eigenvalue weighted by molar-refractivity contribution is 5.36. The Hall–Kier alpha value is -1.61. The van der Waals surface area contributed by atoms with Crippen molar-refractivity contribution in [2.75, 3.05) is 0 Å². The maximum atomic E-state index is 5.91. The second kappa shape index (κ2) is 5.15. The Morgan fingerprint density at radius 2 is 2.00 bits per heavy atom. The highest BCUT2D eigenvalue weighted by Gasteiger charge is 2.07. The monoisotopic (exact) mass is 229 g/mol. The number of aromatic nitrogens is 2. The summed E-state index contributed by atoms with van der Waals surface area (Å²) in [7, 11) is 0. The molecule has 0 aliphatic rings. The Labute approximate surface area is 102 Å². The van der Waals surface area contributed by atoms with Gasteiger partial charge in [0.05, 0.1) is 18.2 Å². The molecule has 3 nitrogen and oxygen atoms in total. The van der Waals surface area contributed by atoms with Gasteiger partial charge in [-0.25, -0.2) is 4.98 Å². The van der Waals surface area contributed by atoms with Gasteiger partial charge >= 0.3 is 0 Å². The first-order valence-corrected chi connectivity index (χ1v) is 6.09. The summed E-state index contributed by atoms with van der Waals surface area (Å²) >= 11 is 0. The molecule has 0 saturated carbocycles. The molecule has 0 fully saturated rings. The molecule has 0 bridgehead atoms. The zero-order valence-corrected chi connectivity index (χ0v) is 10.4. The quantitative estimate of drug-likeness (QED) is 0.876. The fourth-order valence-electron chi connectivity index (χ4n) is 1.97. The van der Waals surface area contributed by atoms with Gasteiger partial charge in [0, 0.05) is 11.7 Å². The molecule has 1 aromatic heterocycles. The van der Waals surface area contributed by atoms with E-state index >= 15 is 0 Å². The van der Waals surface area contributed by atoms with Gasteiger partial charge in [-0.15, -0.1) is 0 Å². The van der Waals surface area contributed by atoms with Crippen LogP contribution in [-0.2, 0) is 6.42 Å². The topological polar surface area (TPSA) is 43.8 Å². The van der Waals surface area contributed by atoms with Crippen LogP contribution in [0.15, 0.2) is 36.8 Å². The van der Waals surface area contributed by atoms with Crippen molar-refractivity contribution >= 4 is 0 Å². The van der Waals surface area contributed by atoms with Gasteiger partial charge in [-0.05, 0) is 31.0 Å². The molecule has 0 saturated heterocycles. The summed E-state index contributed by atoms with van der Waals surface area (Å²) in [5.74, 6) is 0. The third kappa shape index (κ3) is 2.56. The molecule has 1 aromatic carbocycles. The van der Waals surface area contributed by atoms with E-state index in [0.29, 0.717) is 0 Å². The van der Waals surface area contributed by atoms with Crippen LogP contribution in [0, 0.1) is 0 Å². The van der Waals surface area contributed by atoms with Crippen LogP contribution in [0.3, 0.4) is 0 Å². The highest BCUT2D eigenvalue weighted by atomic mass is 15.1. The van der Waals surface area contributed by atoms with E-state index in [-0.39, 0.29) is 6.04 Å². The second-order valence-electron chi connectivity index (χ2n) is 4.39. The molecule has 2 aromatic rings. The van der Waals surface area contributed by atoms with E-state index in [4.69, 9.17) is 5.73 Å². The number of benzene rings is 1. The number of nitrogens with two attached hydrogens (primary N) is 1. The van der Waals surface area contributed by atoms with Crippen LogP contribution in [0.1, 0.15) is 37.6 Å². The molecule has 2 N–H and O–H groups in total. The fourth-order valence-corrected chi connectivity index (χ4v) is 1.97. The van der Waals surface area contributed by atoms with Crippen molar-refractivity contribution in [3.8, 4) is 5.69 Å². The number of hydrogen-bond acceptors (Lipinski definition) is 2. The summed E-state index contributed by atoms with van der Waals surface area (Å²) in [6.07, 6.45) is 5.94. The predicted molar refractivity (Wildman–Crippen MR) is 70.2 cm³/mol. The van der Waals surface area contributed by atoms with Crippen molar-refractivity contribution in [2.45, 2.75) is 32.7 Å². The van der Waals surface area contributed by atoms with Gasteiger partial charge in [-0.3, -0.25) is 0 Å². The van der Waals surface area contributed by atoms with Crippen LogP contribution in [0.2, 0.25) is 0 Å². The fraction of sp³-hybridized carbons (Fsp3) is 0.357. The number of rotatable bonds is 4. The average molecular weight is 229 g/mol. The molecule has 2 rings (SSSR count). The lowest BCUT2D eigenvalue weighted by atomic mass is 10.1.